The van der Waals surface area contributed by atoms with Gasteiger partial charge in [0.15, 0.2) is 0 Å². The van der Waals surface area contributed by atoms with E-state index >= 15 is 0 Å². The lowest BCUT2D eigenvalue weighted by atomic mass is 9.93. The van der Waals surface area contributed by atoms with Gasteiger partial charge in [-0.1, -0.05) is 17.8 Å². The van der Waals surface area contributed by atoms with Crippen LogP contribution in [0.1, 0.15) is 57.8 Å². The Kier molecular flexibility index (Phi) is 6.41. The van der Waals surface area contributed by atoms with E-state index in [0.29, 0.717) is 17.5 Å². The molecule has 0 atom stereocenters. The van der Waals surface area contributed by atoms with Crippen molar-refractivity contribution in [1.29, 1.82) is 0 Å². The number of carbonyl (C=O) groups is 2. The Bertz CT molecular complexity index is 779. The maximum atomic E-state index is 13.1. The fraction of sp³-hybridized carbons (Fsp3) is 0.818. The van der Waals surface area contributed by atoms with Crippen LogP contribution in [0, 0.1) is 5.92 Å². The summed E-state index contributed by atoms with van der Waals surface area (Å²) in [6.45, 7) is 6.53. The van der Waals surface area contributed by atoms with Gasteiger partial charge >= 0.3 is 0 Å². The third-order valence-corrected chi connectivity index (χ3v) is 8.73. The van der Waals surface area contributed by atoms with Crippen LogP contribution in [-0.4, -0.2) is 78.8 Å². The zero-order valence-corrected chi connectivity index (χ0v) is 19.2. The molecular formula is C22H35N6O2S+. The fourth-order valence-electron chi connectivity index (χ4n) is 5.80. The van der Waals surface area contributed by atoms with Gasteiger partial charge in [0.1, 0.15) is 0 Å². The number of amides is 2. The second kappa shape index (κ2) is 9.40. The van der Waals surface area contributed by atoms with Gasteiger partial charge in [0.2, 0.25) is 22.1 Å². The third kappa shape index (κ3) is 4.58. The highest BCUT2D eigenvalue weighted by atomic mass is 32.1. The molecule has 3 saturated heterocycles. The minimum Gasteiger partial charge on any atom is -0.347 e. The number of anilines is 2. The quantitative estimate of drug-likeness (QED) is 0.744. The molecule has 8 nitrogen and oxygen atoms in total. The van der Waals surface area contributed by atoms with Crippen molar-refractivity contribution >= 4 is 33.4 Å². The number of hydrogen-bond donors (Lipinski definition) is 1. The Morgan fingerprint density at radius 3 is 2.26 bits per heavy atom. The molecule has 5 rings (SSSR count). The Morgan fingerprint density at radius 2 is 1.58 bits per heavy atom. The third-order valence-electron chi connectivity index (χ3n) is 7.72. The molecule has 2 amide bonds. The maximum absolute atomic E-state index is 13.1. The standard InChI is InChI=1S/C22H34N6O2S/c29-19-7-4-10-28(19)22-24-23-21(31-22)27-11-8-17(9-12-27)20(30)26-15-13-25(14-16-26)18-5-2-1-3-6-18/h17-18H,1-16H2/p+1. The predicted octanol–water partition coefficient (Wildman–Crippen LogP) is 0.941. The zero-order valence-electron chi connectivity index (χ0n) is 18.4. The van der Waals surface area contributed by atoms with Crippen LogP contribution in [0.25, 0.3) is 0 Å². The van der Waals surface area contributed by atoms with Crippen LogP contribution in [0.3, 0.4) is 0 Å². The van der Waals surface area contributed by atoms with E-state index in [4.69, 9.17) is 0 Å². The summed E-state index contributed by atoms with van der Waals surface area (Å²) >= 11 is 1.50. The van der Waals surface area contributed by atoms with E-state index in [1.165, 1.54) is 43.4 Å². The largest absolute Gasteiger partial charge is 0.347 e. The number of carbonyl (C=O) groups excluding carboxylic acids is 2. The topological polar surface area (TPSA) is 74.1 Å². The molecule has 31 heavy (non-hydrogen) atoms. The van der Waals surface area contributed by atoms with Crippen LogP contribution in [0.15, 0.2) is 0 Å². The molecule has 1 aliphatic carbocycles. The normalized spacial score (nSPS) is 24.9. The summed E-state index contributed by atoms with van der Waals surface area (Å²) in [7, 11) is 0. The Hall–Kier alpha value is -1.74. The van der Waals surface area contributed by atoms with Crippen molar-refractivity contribution in [3.05, 3.63) is 0 Å². The average molecular weight is 448 g/mol. The summed E-state index contributed by atoms with van der Waals surface area (Å²) in [5, 5.41) is 10.2. The van der Waals surface area contributed by atoms with E-state index in [0.717, 1.165) is 76.2 Å². The van der Waals surface area contributed by atoms with Gasteiger partial charge in [-0.15, -0.1) is 10.2 Å². The number of nitrogens with one attached hydrogen (secondary N) is 1. The van der Waals surface area contributed by atoms with Gasteiger partial charge in [-0.3, -0.25) is 14.5 Å². The lowest BCUT2D eigenvalue weighted by Gasteiger charge is -2.40. The molecular weight excluding hydrogens is 412 g/mol. The van der Waals surface area contributed by atoms with E-state index in [9.17, 15) is 9.59 Å². The Labute approximate surface area is 188 Å². The number of nitrogens with zero attached hydrogens (tertiary/aromatic N) is 5. The molecule has 1 aromatic heterocycles. The molecule has 170 valence electrons. The van der Waals surface area contributed by atoms with Crippen LogP contribution >= 0.6 is 11.3 Å². The first-order valence-electron chi connectivity index (χ1n) is 12.2. The Balaban J connectivity index is 1.09. The van der Waals surface area contributed by atoms with Crippen molar-refractivity contribution in [3.8, 4) is 0 Å². The zero-order chi connectivity index (χ0) is 21.2. The van der Waals surface area contributed by atoms with Gasteiger partial charge in [0, 0.05) is 32.0 Å². The molecule has 4 fully saturated rings. The van der Waals surface area contributed by atoms with Crippen molar-refractivity contribution in [1.82, 2.24) is 15.1 Å². The van der Waals surface area contributed by atoms with Crippen molar-refractivity contribution in [3.63, 3.8) is 0 Å². The van der Waals surface area contributed by atoms with Crippen molar-refractivity contribution in [2.45, 2.75) is 63.8 Å². The molecule has 0 aromatic carbocycles. The number of aromatic nitrogens is 2. The molecule has 1 saturated carbocycles. The number of rotatable bonds is 4. The molecule has 4 heterocycles. The second-order valence-corrected chi connectivity index (χ2v) is 10.5. The molecule has 1 N–H and O–H groups in total. The molecule has 4 aliphatic rings. The summed E-state index contributed by atoms with van der Waals surface area (Å²) in [4.78, 5) is 32.9. The smallest absolute Gasteiger partial charge is 0.228 e. The van der Waals surface area contributed by atoms with Crippen LogP contribution < -0.4 is 14.7 Å². The molecule has 1 aromatic rings. The van der Waals surface area contributed by atoms with Gasteiger partial charge in [-0.2, -0.15) is 0 Å². The average Bonchev–Trinajstić information content (AvgIpc) is 3.48. The van der Waals surface area contributed by atoms with Crippen LogP contribution in [-0.2, 0) is 9.59 Å². The van der Waals surface area contributed by atoms with E-state index in [1.54, 1.807) is 9.80 Å². The molecule has 0 unspecified atom stereocenters. The predicted molar refractivity (Wildman–Crippen MR) is 121 cm³/mol. The van der Waals surface area contributed by atoms with Gasteiger partial charge in [0.05, 0.1) is 32.2 Å². The van der Waals surface area contributed by atoms with E-state index in [2.05, 4.69) is 20.0 Å². The van der Waals surface area contributed by atoms with Gasteiger partial charge < -0.3 is 14.7 Å². The molecule has 0 spiro atoms. The molecule has 9 heteroatoms. The second-order valence-electron chi connectivity index (χ2n) is 9.60. The van der Waals surface area contributed by atoms with E-state index in [1.807, 2.05) is 0 Å². The molecule has 0 radical (unpaired) electrons. The lowest BCUT2D eigenvalue weighted by Crippen LogP contribution is -3.18. The van der Waals surface area contributed by atoms with Crippen LogP contribution in [0.4, 0.5) is 10.3 Å². The van der Waals surface area contributed by atoms with Crippen LogP contribution in [0.5, 0.6) is 0 Å². The minimum absolute atomic E-state index is 0.139. The molecule has 3 aliphatic heterocycles. The highest BCUT2D eigenvalue weighted by Gasteiger charge is 2.35. The number of hydrogen-bond acceptors (Lipinski definition) is 6. The maximum Gasteiger partial charge on any atom is 0.228 e. The Morgan fingerprint density at radius 1 is 0.871 bits per heavy atom. The number of piperazine rings is 1. The first kappa shape index (κ1) is 21.1. The van der Waals surface area contributed by atoms with Crippen molar-refractivity contribution in [2.24, 2.45) is 5.92 Å². The van der Waals surface area contributed by atoms with Crippen molar-refractivity contribution in [2.75, 3.05) is 55.6 Å². The highest BCUT2D eigenvalue weighted by Crippen LogP contribution is 2.32. The number of quaternary nitrogens is 1. The lowest BCUT2D eigenvalue weighted by molar-refractivity contribution is -0.930. The monoisotopic (exact) mass is 447 g/mol. The summed E-state index contributed by atoms with van der Waals surface area (Å²) < 4.78 is 0. The first-order chi connectivity index (χ1) is 15.2. The summed E-state index contributed by atoms with van der Waals surface area (Å²) in [5.74, 6) is 0.653. The van der Waals surface area contributed by atoms with Crippen LogP contribution in [0.2, 0.25) is 0 Å². The summed E-state index contributed by atoms with van der Waals surface area (Å²) in [5.41, 5.74) is 0. The highest BCUT2D eigenvalue weighted by molar-refractivity contribution is 7.19. The van der Waals surface area contributed by atoms with Gasteiger partial charge in [-0.05, 0) is 44.9 Å². The fourth-order valence-corrected chi connectivity index (χ4v) is 6.75. The molecule has 0 bridgehead atoms. The summed E-state index contributed by atoms with van der Waals surface area (Å²) in [6, 6.07) is 0.835. The minimum atomic E-state index is 0.139. The SMILES string of the molecule is O=C(C1CCN(c2nnc(N3CCCC3=O)s2)CC1)N1CC[NH+](C2CCCCC2)CC1. The van der Waals surface area contributed by atoms with Gasteiger partial charge in [-0.25, -0.2) is 0 Å². The summed E-state index contributed by atoms with van der Waals surface area (Å²) in [6.07, 6.45) is 10.2. The van der Waals surface area contributed by atoms with E-state index in [-0.39, 0.29) is 11.8 Å². The van der Waals surface area contributed by atoms with Gasteiger partial charge in [0.25, 0.3) is 0 Å². The first-order valence-corrected chi connectivity index (χ1v) is 13.0. The van der Waals surface area contributed by atoms with E-state index < -0.39 is 0 Å². The van der Waals surface area contributed by atoms with Crippen molar-refractivity contribution < 1.29 is 14.5 Å². The number of piperidine rings is 1.